The van der Waals surface area contributed by atoms with Crippen LogP contribution in [0.5, 0.6) is 0 Å². The average molecular weight is 271 g/mol. The van der Waals surface area contributed by atoms with E-state index in [1.54, 1.807) is 20.0 Å². The molecule has 106 valence electrons. The molecule has 8 nitrogen and oxygen atoms in total. The van der Waals surface area contributed by atoms with Crippen molar-refractivity contribution in [3.8, 4) is 0 Å². The zero-order valence-electron chi connectivity index (χ0n) is 10.8. The van der Waals surface area contributed by atoms with Crippen LogP contribution < -0.4 is 0 Å². The summed E-state index contributed by atoms with van der Waals surface area (Å²) in [6.07, 6.45) is -0.694. The van der Waals surface area contributed by atoms with Crippen LogP contribution in [0.4, 0.5) is 0 Å². The zero-order valence-corrected chi connectivity index (χ0v) is 10.8. The molecular formula is C11H17N3O5. The first-order chi connectivity index (χ1) is 8.98. The van der Waals surface area contributed by atoms with Gasteiger partial charge in [-0.25, -0.2) is 4.68 Å². The summed E-state index contributed by atoms with van der Waals surface area (Å²) >= 11 is 0. The van der Waals surface area contributed by atoms with Crippen LogP contribution in [0.1, 0.15) is 19.5 Å². The van der Waals surface area contributed by atoms with Crippen LogP contribution in [0.25, 0.3) is 0 Å². The maximum atomic E-state index is 10.2. The summed E-state index contributed by atoms with van der Waals surface area (Å²) in [5.74, 6) is -0.738. The molecule has 2 fully saturated rings. The molecule has 3 rings (SSSR count). The standard InChI is InChI=1S/C11H17N3O5/c1-11(2)18-9-8(16)7(17-10(9)19-11)4-14-3-6(5-15)12-13-14/h3,7-10,15-16H,4-5H2,1-2H3/t7-,8+,9-,10-/m1/s1. The van der Waals surface area contributed by atoms with Crippen molar-refractivity contribution in [1.29, 1.82) is 0 Å². The summed E-state index contributed by atoms with van der Waals surface area (Å²) in [5.41, 5.74) is 0.473. The minimum absolute atomic E-state index is 0.167. The SMILES string of the molecule is CC1(C)O[C@H]2O[C@H](Cn3cc(CO)nn3)[C@H](O)[C@H]2O1. The second-order valence-electron chi connectivity index (χ2n) is 5.22. The van der Waals surface area contributed by atoms with E-state index in [4.69, 9.17) is 19.3 Å². The molecule has 1 aromatic rings. The lowest BCUT2D eigenvalue weighted by molar-refractivity contribution is -0.216. The molecule has 2 aliphatic heterocycles. The molecule has 0 spiro atoms. The Kier molecular flexibility index (Phi) is 3.06. The van der Waals surface area contributed by atoms with Crippen LogP contribution in [0.3, 0.4) is 0 Å². The number of aliphatic hydroxyl groups is 2. The van der Waals surface area contributed by atoms with Gasteiger partial charge in [0.2, 0.25) is 0 Å². The highest BCUT2D eigenvalue weighted by atomic mass is 16.8. The second kappa shape index (κ2) is 4.50. The largest absolute Gasteiger partial charge is 0.390 e. The third-order valence-corrected chi connectivity index (χ3v) is 3.23. The summed E-state index contributed by atoms with van der Waals surface area (Å²) in [7, 11) is 0. The van der Waals surface area contributed by atoms with Crippen molar-refractivity contribution >= 4 is 0 Å². The van der Waals surface area contributed by atoms with Gasteiger partial charge in [-0.15, -0.1) is 5.10 Å². The van der Waals surface area contributed by atoms with Crippen molar-refractivity contribution in [3.63, 3.8) is 0 Å². The van der Waals surface area contributed by atoms with Gasteiger partial charge < -0.3 is 24.4 Å². The summed E-state index contributed by atoms with van der Waals surface area (Å²) in [4.78, 5) is 0. The lowest BCUT2D eigenvalue weighted by Gasteiger charge is -2.22. The number of nitrogens with zero attached hydrogens (tertiary/aromatic N) is 3. The van der Waals surface area contributed by atoms with Gasteiger partial charge in [0.1, 0.15) is 24.0 Å². The molecule has 0 amide bonds. The molecule has 8 heteroatoms. The maximum Gasteiger partial charge on any atom is 0.190 e. The van der Waals surface area contributed by atoms with Gasteiger partial charge in [0.05, 0.1) is 19.3 Å². The molecule has 3 heterocycles. The van der Waals surface area contributed by atoms with E-state index in [2.05, 4.69) is 10.3 Å². The highest BCUT2D eigenvalue weighted by Gasteiger charge is 2.54. The van der Waals surface area contributed by atoms with E-state index in [1.165, 1.54) is 4.68 Å². The minimum Gasteiger partial charge on any atom is -0.390 e. The Morgan fingerprint density at radius 3 is 2.84 bits per heavy atom. The van der Waals surface area contributed by atoms with Gasteiger partial charge in [-0.05, 0) is 13.8 Å². The molecule has 0 radical (unpaired) electrons. The average Bonchev–Trinajstić information content (AvgIpc) is 2.97. The monoisotopic (exact) mass is 271 g/mol. The molecule has 0 bridgehead atoms. The Bertz CT molecular complexity index is 463. The van der Waals surface area contributed by atoms with E-state index in [1.807, 2.05) is 0 Å². The fourth-order valence-electron chi connectivity index (χ4n) is 2.39. The minimum atomic E-state index is -0.784. The predicted molar refractivity (Wildman–Crippen MR) is 60.6 cm³/mol. The molecule has 0 aromatic carbocycles. The molecular weight excluding hydrogens is 254 g/mol. The van der Waals surface area contributed by atoms with Crippen LogP contribution in [-0.4, -0.2) is 55.6 Å². The zero-order chi connectivity index (χ0) is 13.6. The Balaban J connectivity index is 1.65. The third kappa shape index (κ3) is 2.37. The maximum absolute atomic E-state index is 10.2. The predicted octanol–water partition coefficient (Wildman–Crippen LogP) is -0.992. The van der Waals surface area contributed by atoms with Crippen LogP contribution >= 0.6 is 0 Å². The van der Waals surface area contributed by atoms with Crippen LogP contribution in [0, 0.1) is 0 Å². The first kappa shape index (κ1) is 12.9. The Labute approximate surface area is 109 Å². The molecule has 2 N–H and O–H groups in total. The van der Waals surface area contributed by atoms with E-state index in [0.29, 0.717) is 12.2 Å². The van der Waals surface area contributed by atoms with Crippen molar-refractivity contribution in [2.45, 2.75) is 57.4 Å². The van der Waals surface area contributed by atoms with E-state index in [9.17, 15) is 5.11 Å². The highest BCUT2D eigenvalue weighted by molar-refractivity contribution is 4.94. The fourth-order valence-corrected chi connectivity index (χ4v) is 2.39. The van der Waals surface area contributed by atoms with Crippen molar-refractivity contribution in [1.82, 2.24) is 15.0 Å². The molecule has 1 aromatic heterocycles. The van der Waals surface area contributed by atoms with Crippen molar-refractivity contribution in [2.24, 2.45) is 0 Å². The van der Waals surface area contributed by atoms with E-state index < -0.39 is 30.4 Å². The van der Waals surface area contributed by atoms with Gasteiger partial charge in [0.25, 0.3) is 0 Å². The van der Waals surface area contributed by atoms with Crippen molar-refractivity contribution in [3.05, 3.63) is 11.9 Å². The normalized spacial score (nSPS) is 36.6. The van der Waals surface area contributed by atoms with E-state index in [-0.39, 0.29) is 6.61 Å². The Morgan fingerprint density at radius 1 is 1.42 bits per heavy atom. The van der Waals surface area contributed by atoms with Gasteiger partial charge in [-0.2, -0.15) is 0 Å². The number of aliphatic hydroxyl groups excluding tert-OH is 2. The third-order valence-electron chi connectivity index (χ3n) is 3.23. The molecule has 0 saturated carbocycles. The number of fused-ring (bicyclic) bond motifs is 1. The number of hydrogen-bond donors (Lipinski definition) is 2. The molecule has 2 aliphatic rings. The number of ether oxygens (including phenoxy) is 3. The number of hydrogen-bond acceptors (Lipinski definition) is 7. The summed E-state index contributed by atoms with van der Waals surface area (Å²) in [5, 5.41) is 26.7. The second-order valence-corrected chi connectivity index (χ2v) is 5.22. The van der Waals surface area contributed by atoms with Crippen LogP contribution in [0.2, 0.25) is 0 Å². The van der Waals surface area contributed by atoms with Crippen molar-refractivity contribution in [2.75, 3.05) is 0 Å². The van der Waals surface area contributed by atoms with Crippen molar-refractivity contribution < 1.29 is 24.4 Å². The highest BCUT2D eigenvalue weighted by Crippen LogP contribution is 2.37. The van der Waals surface area contributed by atoms with Gasteiger partial charge >= 0.3 is 0 Å². The number of rotatable bonds is 3. The molecule has 19 heavy (non-hydrogen) atoms. The van der Waals surface area contributed by atoms with E-state index >= 15 is 0 Å². The Hall–Kier alpha value is -1.06. The molecule has 4 atom stereocenters. The van der Waals surface area contributed by atoms with Gasteiger partial charge in [0, 0.05) is 0 Å². The smallest absolute Gasteiger partial charge is 0.190 e. The molecule has 2 saturated heterocycles. The summed E-state index contributed by atoms with van der Waals surface area (Å²) < 4.78 is 18.3. The Morgan fingerprint density at radius 2 is 2.21 bits per heavy atom. The summed E-state index contributed by atoms with van der Waals surface area (Å²) in [6, 6.07) is 0. The van der Waals surface area contributed by atoms with Crippen LogP contribution in [0.15, 0.2) is 6.20 Å². The lowest BCUT2D eigenvalue weighted by Crippen LogP contribution is -2.36. The lowest BCUT2D eigenvalue weighted by atomic mass is 10.1. The first-order valence-electron chi connectivity index (χ1n) is 6.17. The topological polar surface area (TPSA) is 98.9 Å². The number of aromatic nitrogens is 3. The fraction of sp³-hybridized carbons (Fsp3) is 0.818. The summed E-state index contributed by atoms with van der Waals surface area (Å²) in [6.45, 7) is 3.72. The molecule has 0 aliphatic carbocycles. The first-order valence-corrected chi connectivity index (χ1v) is 6.17. The van der Waals surface area contributed by atoms with Gasteiger partial charge in [-0.1, -0.05) is 5.21 Å². The van der Waals surface area contributed by atoms with Crippen LogP contribution in [-0.2, 0) is 27.4 Å². The quantitative estimate of drug-likeness (QED) is 0.728. The molecule has 0 unspecified atom stereocenters. The van der Waals surface area contributed by atoms with Gasteiger partial charge in [0.15, 0.2) is 12.1 Å². The van der Waals surface area contributed by atoms with E-state index in [0.717, 1.165) is 0 Å². The van der Waals surface area contributed by atoms with Gasteiger partial charge in [-0.3, -0.25) is 0 Å².